The van der Waals surface area contributed by atoms with Gasteiger partial charge < -0.3 is 5.32 Å². The molecule has 0 aromatic rings. The zero-order valence-corrected chi connectivity index (χ0v) is 13.5. The topological polar surface area (TPSA) is 61.4 Å². The summed E-state index contributed by atoms with van der Waals surface area (Å²) >= 11 is 0. The fraction of sp³-hybridized carbons (Fsp3) is 1.00. The Morgan fingerprint density at radius 3 is 2.26 bits per heavy atom. The molecule has 5 nitrogen and oxygen atoms in total. The summed E-state index contributed by atoms with van der Waals surface area (Å²) in [5.74, 6) is 0.602. The van der Waals surface area contributed by atoms with E-state index in [4.69, 9.17) is 0 Å². The highest BCUT2D eigenvalue weighted by Gasteiger charge is 2.31. The standard InChI is InChI=1S/C13H29N3O2S/c1-5-13(3,4)15-19(17,18)16-9-7-12(8-10-16)11-14-6-2/h12,14-15H,5-11H2,1-4H3. The van der Waals surface area contributed by atoms with E-state index in [2.05, 4.69) is 17.0 Å². The van der Waals surface area contributed by atoms with Crippen molar-refractivity contribution >= 4 is 10.2 Å². The highest BCUT2D eigenvalue weighted by Crippen LogP contribution is 2.20. The van der Waals surface area contributed by atoms with E-state index in [9.17, 15) is 8.42 Å². The van der Waals surface area contributed by atoms with Crippen LogP contribution in [0.5, 0.6) is 0 Å². The molecule has 1 aliphatic heterocycles. The maximum absolute atomic E-state index is 12.3. The summed E-state index contributed by atoms with van der Waals surface area (Å²) in [6.07, 6.45) is 2.67. The third-order valence-electron chi connectivity index (χ3n) is 3.89. The predicted octanol–water partition coefficient (Wildman–Crippen LogP) is 1.33. The Morgan fingerprint density at radius 1 is 1.21 bits per heavy atom. The summed E-state index contributed by atoms with van der Waals surface area (Å²) in [7, 11) is -3.33. The van der Waals surface area contributed by atoms with Crippen LogP contribution in [0.2, 0.25) is 0 Å². The first-order chi connectivity index (χ1) is 8.80. The predicted molar refractivity (Wildman–Crippen MR) is 79.3 cm³/mol. The molecule has 1 rings (SSSR count). The highest BCUT2D eigenvalue weighted by atomic mass is 32.2. The second kappa shape index (κ2) is 7.02. The molecule has 0 aromatic carbocycles. The lowest BCUT2D eigenvalue weighted by atomic mass is 9.98. The molecule has 0 unspecified atom stereocenters. The van der Waals surface area contributed by atoms with Crippen LogP contribution >= 0.6 is 0 Å². The van der Waals surface area contributed by atoms with E-state index in [-0.39, 0.29) is 5.54 Å². The van der Waals surface area contributed by atoms with Gasteiger partial charge in [-0.2, -0.15) is 17.4 Å². The van der Waals surface area contributed by atoms with Crippen LogP contribution in [-0.4, -0.2) is 44.4 Å². The minimum Gasteiger partial charge on any atom is -0.317 e. The van der Waals surface area contributed by atoms with E-state index >= 15 is 0 Å². The van der Waals surface area contributed by atoms with Gasteiger partial charge in [0.1, 0.15) is 0 Å². The average Bonchev–Trinajstić information content (AvgIpc) is 2.35. The minimum absolute atomic E-state index is 0.376. The molecule has 0 bridgehead atoms. The lowest BCUT2D eigenvalue weighted by molar-refractivity contribution is 0.261. The summed E-state index contributed by atoms with van der Waals surface area (Å²) in [6.45, 7) is 11.2. The van der Waals surface area contributed by atoms with Crippen molar-refractivity contribution in [2.75, 3.05) is 26.2 Å². The molecule has 0 amide bonds. The molecule has 6 heteroatoms. The number of rotatable bonds is 7. The summed E-state index contributed by atoms with van der Waals surface area (Å²) in [5.41, 5.74) is -0.376. The van der Waals surface area contributed by atoms with Gasteiger partial charge >= 0.3 is 0 Å². The Morgan fingerprint density at radius 2 is 1.79 bits per heavy atom. The van der Waals surface area contributed by atoms with Crippen molar-refractivity contribution in [3.63, 3.8) is 0 Å². The van der Waals surface area contributed by atoms with E-state index in [0.29, 0.717) is 19.0 Å². The summed E-state index contributed by atoms with van der Waals surface area (Å²) < 4.78 is 28.9. The van der Waals surface area contributed by atoms with Crippen molar-refractivity contribution < 1.29 is 8.42 Å². The van der Waals surface area contributed by atoms with E-state index < -0.39 is 10.2 Å². The Hall–Kier alpha value is -0.170. The Labute approximate surface area is 118 Å². The van der Waals surface area contributed by atoms with Crippen LogP contribution in [0.25, 0.3) is 0 Å². The van der Waals surface area contributed by atoms with Gasteiger partial charge in [-0.1, -0.05) is 13.8 Å². The average molecular weight is 291 g/mol. The van der Waals surface area contributed by atoms with Crippen LogP contribution in [-0.2, 0) is 10.2 Å². The summed E-state index contributed by atoms with van der Waals surface area (Å²) in [5, 5.41) is 3.34. The monoisotopic (exact) mass is 291 g/mol. The first-order valence-corrected chi connectivity index (χ1v) is 8.74. The molecular formula is C13H29N3O2S. The van der Waals surface area contributed by atoms with Gasteiger partial charge in [-0.3, -0.25) is 0 Å². The van der Waals surface area contributed by atoms with Gasteiger partial charge in [-0.15, -0.1) is 0 Å². The van der Waals surface area contributed by atoms with Crippen LogP contribution in [0.3, 0.4) is 0 Å². The van der Waals surface area contributed by atoms with Crippen molar-refractivity contribution in [1.82, 2.24) is 14.3 Å². The SMILES string of the molecule is CCNCC1CCN(S(=O)(=O)NC(C)(C)CC)CC1. The molecule has 1 aliphatic rings. The normalized spacial score (nSPS) is 19.8. The molecule has 114 valence electrons. The number of piperidine rings is 1. The van der Waals surface area contributed by atoms with E-state index in [0.717, 1.165) is 32.4 Å². The van der Waals surface area contributed by atoms with E-state index in [1.165, 1.54) is 0 Å². The minimum atomic E-state index is -3.33. The molecule has 1 fully saturated rings. The van der Waals surface area contributed by atoms with Crippen molar-refractivity contribution in [2.45, 2.75) is 52.5 Å². The van der Waals surface area contributed by atoms with Crippen LogP contribution in [0.1, 0.15) is 47.0 Å². The molecule has 1 heterocycles. The van der Waals surface area contributed by atoms with Crippen molar-refractivity contribution in [2.24, 2.45) is 5.92 Å². The largest absolute Gasteiger partial charge is 0.317 e. The molecular weight excluding hydrogens is 262 g/mol. The molecule has 1 saturated heterocycles. The second-order valence-electron chi connectivity index (χ2n) is 5.99. The molecule has 19 heavy (non-hydrogen) atoms. The molecule has 0 atom stereocenters. The van der Waals surface area contributed by atoms with Gasteiger partial charge in [0.05, 0.1) is 0 Å². The van der Waals surface area contributed by atoms with Crippen molar-refractivity contribution in [3.05, 3.63) is 0 Å². The highest BCUT2D eigenvalue weighted by molar-refractivity contribution is 7.87. The van der Waals surface area contributed by atoms with Gasteiger partial charge in [0.25, 0.3) is 10.2 Å². The fourth-order valence-electron chi connectivity index (χ4n) is 2.19. The Balaban J connectivity index is 2.50. The second-order valence-corrected chi connectivity index (χ2v) is 7.67. The first-order valence-electron chi connectivity index (χ1n) is 7.30. The van der Waals surface area contributed by atoms with Gasteiger partial charge in [-0.25, -0.2) is 0 Å². The summed E-state index contributed by atoms with van der Waals surface area (Å²) in [4.78, 5) is 0. The van der Waals surface area contributed by atoms with Crippen LogP contribution in [0, 0.1) is 5.92 Å². The molecule has 0 radical (unpaired) electrons. The number of hydrogen-bond acceptors (Lipinski definition) is 3. The maximum Gasteiger partial charge on any atom is 0.279 e. The maximum atomic E-state index is 12.3. The van der Waals surface area contributed by atoms with Crippen molar-refractivity contribution in [3.8, 4) is 0 Å². The van der Waals surface area contributed by atoms with E-state index in [1.807, 2.05) is 20.8 Å². The lowest BCUT2D eigenvalue weighted by Crippen LogP contribution is -2.52. The zero-order chi connectivity index (χ0) is 14.5. The molecule has 0 spiro atoms. The third kappa shape index (κ3) is 5.38. The number of hydrogen-bond donors (Lipinski definition) is 2. The van der Waals surface area contributed by atoms with Crippen LogP contribution in [0.4, 0.5) is 0 Å². The van der Waals surface area contributed by atoms with E-state index in [1.54, 1.807) is 4.31 Å². The Bertz CT molecular complexity index is 360. The molecule has 0 saturated carbocycles. The quantitative estimate of drug-likeness (QED) is 0.744. The number of nitrogens with one attached hydrogen (secondary N) is 2. The number of nitrogens with zero attached hydrogens (tertiary/aromatic N) is 1. The summed E-state index contributed by atoms with van der Waals surface area (Å²) in [6, 6.07) is 0. The molecule has 2 N–H and O–H groups in total. The van der Waals surface area contributed by atoms with Gasteiger partial charge in [0.2, 0.25) is 0 Å². The van der Waals surface area contributed by atoms with Gasteiger partial charge in [-0.05, 0) is 52.1 Å². The first kappa shape index (κ1) is 16.9. The third-order valence-corrected chi connectivity index (χ3v) is 5.74. The fourth-order valence-corrected chi connectivity index (χ4v) is 3.85. The smallest absolute Gasteiger partial charge is 0.279 e. The van der Waals surface area contributed by atoms with Gasteiger partial charge in [0.15, 0.2) is 0 Å². The van der Waals surface area contributed by atoms with Gasteiger partial charge in [0, 0.05) is 18.6 Å². The molecule has 0 aromatic heterocycles. The van der Waals surface area contributed by atoms with Crippen LogP contribution < -0.4 is 10.0 Å². The van der Waals surface area contributed by atoms with Crippen molar-refractivity contribution in [1.29, 1.82) is 0 Å². The van der Waals surface area contributed by atoms with Crippen LogP contribution in [0.15, 0.2) is 0 Å². The lowest BCUT2D eigenvalue weighted by Gasteiger charge is -2.34. The Kier molecular flexibility index (Phi) is 6.23. The molecule has 0 aliphatic carbocycles. The zero-order valence-electron chi connectivity index (χ0n) is 12.7.